The first-order valence-corrected chi connectivity index (χ1v) is 12.8. The van der Waals surface area contributed by atoms with Crippen molar-refractivity contribution in [2.75, 3.05) is 32.7 Å². The topological polar surface area (TPSA) is 37.7 Å². The highest BCUT2D eigenvalue weighted by Crippen LogP contribution is 2.38. The number of fused-ring (bicyclic) bond motifs is 1. The van der Waals surface area contributed by atoms with E-state index in [1.54, 1.807) is 0 Å². The fraction of sp³-hybridized carbons (Fsp3) is 0.640. The van der Waals surface area contributed by atoms with E-state index in [0.29, 0.717) is 18.1 Å². The van der Waals surface area contributed by atoms with Gasteiger partial charge in [0.2, 0.25) is 0 Å². The fourth-order valence-corrected chi connectivity index (χ4v) is 7.05. The molecule has 168 valence electrons. The predicted molar refractivity (Wildman–Crippen MR) is 125 cm³/mol. The number of thiophene rings is 1. The van der Waals surface area contributed by atoms with Crippen LogP contribution in [0, 0.1) is 5.92 Å². The summed E-state index contributed by atoms with van der Waals surface area (Å²) in [7, 11) is 0. The standard InChI is InChI=1S/C25H35N3O2S/c1-18-15-26(16-19(2)30-18)17-20-9-13-27(14-10-20)24(29)23-21-7-3-4-8-22(21)31-25(23)28-11-5-6-12-28/h5-6,11-12,18-20H,3-4,7-10,13-17H2,1-2H3. The maximum absolute atomic E-state index is 13.7. The molecule has 0 saturated carbocycles. The van der Waals surface area contributed by atoms with Crippen molar-refractivity contribution in [1.82, 2.24) is 14.4 Å². The minimum absolute atomic E-state index is 0.259. The molecule has 3 aliphatic rings. The molecule has 2 fully saturated rings. The molecule has 0 spiro atoms. The van der Waals surface area contributed by atoms with Crippen molar-refractivity contribution in [3.05, 3.63) is 40.5 Å². The molecule has 31 heavy (non-hydrogen) atoms. The van der Waals surface area contributed by atoms with Crippen molar-refractivity contribution in [2.45, 2.75) is 64.6 Å². The van der Waals surface area contributed by atoms with Crippen LogP contribution in [-0.2, 0) is 17.6 Å². The summed E-state index contributed by atoms with van der Waals surface area (Å²) in [6.45, 7) is 9.32. The highest BCUT2D eigenvalue weighted by molar-refractivity contribution is 7.15. The number of aryl methyl sites for hydroxylation is 1. The van der Waals surface area contributed by atoms with Gasteiger partial charge in [-0.05, 0) is 76.0 Å². The van der Waals surface area contributed by atoms with Crippen molar-refractivity contribution in [1.29, 1.82) is 0 Å². The van der Waals surface area contributed by atoms with Gasteiger partial charge >= 0.3 is 0 Å². The lowest BCUT2D eigenvalue weighted by Crippen LogP contribution is -2.48. The number of carbonyl (C=O) groups is 1. The number of amides is 1. The van der Waals surface area contributed by atoms with Crippen molar-refractivity contribution in [3.8, 4) is 5.00 Å². The van der Waals surface area contributed by atoms with Gasteiger partial charge in [0, 0.05) is 50.0 Å². The molecular formula is C25H35N3O2S. The molecule has 0 radical (unpaired) electrons. The minimum atomic E-state index is 0.259. The Morgan fingerprint density at radius 3 is 2.45 bits per heavy atom. The van der Waals surface area contributed by atoms with Crippen LogP contribution in [0.15, 0.2) is 24.5 Å². The van der Waals surface area contributed by atoms with E-state index in [4.69, 9.17) is 4.74 Å². The predicted octanol–water partition coefficient (Wildman–Crippen LogP) is 4.38. The van der Waals surface area contributed by atoms with Crippen LogP contribution in [0.2, 0.25) is 0 Å². The lowest BCUT2D eigenvalue weighted by molar-refractivity contribution is -0.0728. The van der Waals surface area contributed by atoms with Crippen LogP contribution in [-0.4, -0.2) is 65.2 Å². The number of hydrogen-bond acceptors (Lipinski definition) is 4. The first-order valence-electron chi connectivity index (χ1n) is 12.0. The Balaban J connectivity index is 1.27. The molecular weight excluding hydrogens is 406 g/mol. The SMILES string of the molecule is CC1CN(CC2CCN(C(=O)c3c(-n4cccc4)sc4c3CCCC4)CC2)CC(C)O1. The first kappa shape index (κ1) is 21.2. The third-order valence-electron chi connectivity index (χ3n) is 7.12. The van der Waals surface area contributed by atoms with E-state index in [2.05, 4.69) is 40.6 Å². The highest BCUT2D eigenvalue weighted by Gasteiger charge is 2.32. The van der Waals surface area contributed by atoms with Gasteiger partial charge < -0.3 is 14.2 Å². The van der Waals surface area contributed by atoms with E-state index in [1.165, 1.54) is 23.3 Å². The Kier molecular flexibility index (Phi) is 6.22. The number of nitrogens with zero attached hydrogens (tertiary/aromatic N) is 3. The minimum Gasteiger partial charge on any atom is -0.373 e. The van der Waals surface area contributed by atoms with Crippen LogP contribution in [0.4, 0.5) is 0 Å². The number of morpholine rings is 1. The third-order valence-corrected chi connectivity index (χ3v) is 8.42. The number of aromatic nitrogens is 1. The number of likely N-dealkylation sites (tertiary alicyclic amines) is 1. The van der Waals surface area contributed by atoms with E-state index in [9.17, 15) is 4.79 Å². The summed E-state index contributed by atoms with van der Waals surface area (Å²) in [5.74, 6) is 0.942. The Hall–Kier alpha value is -1.63. The molecule has 5 nitrogen and oxygen atoms in total. The molecule has 2 saturated heterocycles. The molecule has 0 bridgehead atoms. The number of rotatable bonds is 4. The quantitative estimate of drug-likeness (QED) is 0.707. The maximum atomic E-state index is 13.7. The lowest BCUT2D eigenvalue weighted by atomic mass is 9.93. The molecule has 6 heteroatoms. The van der Waals surface area contributed by atoms with Crippen LogP contribution < -0.4 is 0 Å². The van der Waals surface area contributed by atoms with Gasteiger partial charge in [0.1, 0.15) is 5.00 Å². The number of ether oxygens (including phenoxy) is 1. The summed E-state index contributed by atoms with van der Waals surface area (Å²) >= 11 is 1.83. The molecule has 0 aromatic carbocycles. The van der Waals surface area contributed by atoms with Crippen LogP contribution in [0.25, 0.3) is 5.00 Å². The molecule has 1 aliphatic carbocycles. The largest absolute Gasteiger partial charge is 0.373 e. The normalized spacial score (nSPS) is 25.5. The second-order valence-electron chi connectivity index (χ2n) is 9.69. The van der Waals surface area contributed by atoms with E-state index in [0.717, 1.165) is 69.0 Å². The smallest absolute Gasteiger partial charge is 0.257 e. The van der Waals surface area contributed by atoms with Crippen molar-refractivity contribution < 1.29 is 9.53 Å². The van der Waals surface area contributed by atoms with Gasteiger partial charge in [0.05, 0.1) is 17.8 Å². The van der Waals surface area contributed by atoms with Gasteiger partial charge in [-0.1, -0.05) is 0 Å². The van der Waals surface area contributed by atoms with Gasteiger partial charge in [-0.25, -0.2) is 0 Å². The van der Waals surface area contributed by atoms with Crippen LogP contribution in [0.5, 0.6) is 0 Å². The maximum Gasteiger partial charge on any atom is 0.257 e. The summed E-state index contributed by atoms with van der Waals surface area (Å²) in [6.07, 6.45) is 11.6. The first-order chi connectivity index (χ1) is 15.1. The molecule has 2 aromatic heterocycles. The molecule has 0 N–H and O–H groups in total. The summed E-state index contributed by atoms with van der Waals surface area (Å²) < 4.78 is 8.03. The van der Waals surface area contributed by atoms with Crippen LogP contribution >= 0.6 is 11.3 Å². The van der Waals surface area contributed by atoms with Gasteiger partial charge in [0.25, 0.3) is 5.91 Å². The molecule has 2 aromatic rings. The van der Waals surface area contributed by atoms with Crippen molar-refractivity contribution in [3.63, 3.8) is 0 Å². The Morgan fingerprint density at radius 2 is 1.74 bits per heavy atom. The summed E-state index contributed by atoms with van der Waals surface area (Å²) in [5, 5.41) is 1.13. The summed E-state index contributed by atoms with van der Waals surface area (Å²) in [6, 6.07) is 4.09. The molecule has 4 heterocycles. The number of piperidine rings is 1. The van der Waals surface area contributed by atoms with Gasteiger partial charge in [-0.3, -0.25) is 9.69 Å². The summed E-state index contributed by atoms with van der Waals surface area (Å²) in [5.41, 5.74) is 2.33. The Labute approximate surface area is 190 Å². The zero-order valence-corrected chi connectivity index (χ0v) is 19.7. The van der Waals surface area contributed by atoms with E-state index < -0.39 is 0 Å². The Bertz CT molecular complexity index is 888. The number of carbonyl (C=O) groups excluding carboxylic acids is 1. The van der Waals surface area contributed by atoms with Crippen molar-refractivity contribution in [2.24, 2.45) is 5.92 Å². The molecule has 2 unspecified atom stereocenters. The lowest BCUT2D eigenvalue weighted by Gasteiger charge is -2.39. The summed E-state index contributed by atoms with van der Waals surface area (Å²) in [4.78, 5) is 19.9. The highest BCUT2D eigenvalue weighted by atomic mass is 32.1. The van der Waals surface area contributed by atoms with Gasteiger partial charge in [0.15, 0.2) is 0 Å². The molecule has 1 amide bonds. The second kappa shape index (κ2) is 9.08. The zero-order valence-electron chi connectivity index (χ0n) is 18.9. The van der Waals surface area contributed by atoms with Crippen LogP contribution in [0.3, 0.4) is 0 Å². The monoisotopic (exact) mass is 441 g/mol. The molecule has 2 atom stereocenters. The molecule has 5 rings (SSSR count). The third kappa shape index (κ3) is 4.48. The average molecular weight is 442 g/mol. The van der Waals surface area contributed by atoms with E-state index >= 15 is 0 Å². The van der Waals surface area contributed by atoms with Gasteiger partial charge in [-0.15, -0.1) is 11.3 Å². The van der Waals surface area contributed by atoms with Crippen LogP contribution in [0.1, 0.15) is 60.3 Å². The Morgan fingerprint density at radius 1 is 1.06 bits per heavy atom. The average Bonchev–Trinajstić information content (AvgIpc) is 3.41. The zero-order chi connectivity index (χ0) is 21.4. The van der Waals surface area contributed by atoms with Crippen molar-refractivity contribution >= 4 is 17.2 Å². The molecule has 2 aliphatic heterocycles. The fourth-order valence-electron chi connectivity index (χ4n) is 5.70. The number of hydrogen-bond donors (Lipinski definition) is 0. The van der Waals surface area contributed by atoms with Gasteiger partial charge in [-0.2, -0.15) is 0 Å². The van der Waals surface area contributed by atoms with E-state index in [-0.39, 0.29) is 5.91 Å². The van der Waals surface area contributed by atoms with E-state index in [1.807, 2.05) is 23.5 Å². The second-order valence-corrected chi connectivity index (χ2v) is 10.8.